The van der Waals surface area contributed by atoms with Crippen LogP contribution in [-0.2, 0) is 28.6 Å². The van der Waals surface area contributed by atoms with Crippen LogP contribution < -0.4 is 0 Å². The number of rotatable bonds is 14. The zero-order valence-corrected chi connectivity index (χ0v) is 18.8. The van der Waals surface area contributed by atoms with E-state index in [4.69, 9.17) is 9.47 Å². The molecule has 0 fully saturated rings. The number of ether oxygens (including phenoxy) is 3. The number of carbonyl (C=O) groups is 3. The molecule has 0 aromatic rings. The molecule has 0 bridgehead atoms. The maximum atomic E-state index is 11.1. The molecule has 0 N–H and O–H groups in total. The molecular weight excluding hydrogens is 418 g/mol. The second kappa shape index (κ2) is 21.2. The predicted octanol–water partition coefficient (Wildman–Crippen LogP) is 3.33. The SMILES string of the molecule is CCOC(=O)CCCBr.CCOC(=O)CCCN(C)CCCC(=O)OCC. The van der Waals surface area contributed by atoms with E-state index in [2.05, 4.69) is 25.6 Å². The topological polar surface area (TPSA) is 82.1 Å². The number of hydrogen-bond acceptors (Lipinski definition) is 7. The predicted molar refractivity (Wildman–Crippen MR) is 109 cm³/mol. The third-order valence-electron chi connectivity index (χ3n) is 3.27. The van der Waals surface area contributed by atoms with Crippen molar-refractivity contribution in [2.24, 2.45) is 0 Å². The van der Waals surface area contributed by atoms with Gasteiger partial charge in [0.05, 0.1) is 19.8 Å². The molecule has 0 aliphatic rings. The van der Waals surface area contributed by atoms with E-state index in [9.17, 15) is 14.4 Å². The summed E-state index contributed by atoms with van der Waals surface area (Å²) in [5.74, 6) is -0.383. The molecule has 160 valence electrons. The lowest BCUT2D eigenvalue weighted by Crippen LogP contribution is -2.22. The fraction of sp³-hybridized carbons (Fsp3) is 0.842. The Morgan fingerprint density at radius 3 is 1.33 bits per heavy atom. The lowest BCUT2D eigenvalue weighted by molar-refractivity contribution is -0.144. The molecule has 8 heteroatoms. The average Bonchev–Trinajstić information content (AvgIpc) is 2.61. The Hall–Kier alpha value is -1.15. The van der Waals surface area contributed by atoms with Crippen LogP contribution in [0.25, 0.3) is 0 Å². The Kier molecular flexibility index (Phi) is 22.0. The Morgan fingerprint density at radius 2 is 1.04 bits per heavy atom. The van der Waals surface area contributed by atoms with Crippen molar-refractivity contribution in [2.45, 2.75) is 59.3 Å². The Labute approximate surface area is 172 Å². The van der Waals surface area contributed by atoms with Crippen LogP contribution >= 0.6 is 15.9 Å². The summed E-state index contributed by atoms with van der Waals surface area (Å²) < 4.78 is 14.4. The summed E-state index contributed by atoms with van der Waals surface area (Å²) in [5.41, 5.74) is 0. The monoisotopic (exact) mass is 453 g/mol. The Balaban J connectivity index is 0. The molecule has 0 aliphatic heterocycles. The van der Waals surface area contributed by atoms with E-state index in [0.29, 0.717) is 39.1 Å². The molecule has 0 saturated heterocycles. The van der Waals surface area contributed by atoms with Crippen LogP contribution in [0.5, 0.6) is 0 Å². The van der Waals surface area contributed by atoms with Gasteiger partial charge in [-0.2, -0.15) is 0 Å². The summed E-state index contributed by atoms with van der Waals surface area (Å²) in [6, 6.07) is 0. The molecule has 7 nitrogen and oxygen atoms in total. The van der Waals surface area contributed by atoms with E-state index >= 15 is 0 Å². The van der Waals surface area contributed by atoms with Crippen molar-refractivity contribution >= 4 is 33.8 Å². The van der Waals surface area contributed by atoms with Gasteiger partial charge in [-0.3, -0.25) is 14.4 Å². The highest BCUT2D eigenvalue weighted by molar-refractivity contribution is 9.09. The molecule has 0 rings (SSSR count). The maximum absolute atomic E-state index is 11.1. The smallest absolute Gasteiger partial charge is 0.305 e. The highest BCUT2D eigenvalue weighted by atomic mass is 79.9. The molecule has 0 spiro atoms. The van der Waals surface area contributed by atoms with Crippen molar-refractivity contribution in [3.8, 4) is 0 Å². The third kappa shape index (κ3) is 22.8. The molecule has 0 atom stereocenters. The fourth-order valence-corrected chi connectivity index (χ4v) is 2.29. The summed E-state index contributed by atoms with van der Waals surface area (Å²) in [4.78, 5) is 34.9. The van der Waals surface area contributed by atoms with Gasteiger partial charge in [0.25, 0.3) is 0 Å². The quantitative estimate of drug-likeness (QED) is 0.226. The van der Waals surface area contributed by atoms with Gasteiger partial charge >= 0.3 is 17.9 Å². The molecule has 0 unspecified atom stereocenters. The molecule has 0 saturated carbocycles. The van der Waals surface area contributed by atoms with Crippen molar-refractivity contribution in [3.05, 3.63) is 0 Å². The number of nitrogens with zero attached hydrogens (tertiary/aromatic N) is 1. The molecule has 0 aliphatic carbocycles. The van der Waals surface area contributed by atoms with E-state index < -0.39 is 0 Å². The van der Waals surface area contributed by atoms with Crippen LogP contribution in [0.15, 0.2) is 0 Å². The number of esters is 3. The van der Waals surface area contributed by atoms with Crippen molar-refractivity contribution in [1.29, 1.82) is 0 Å². The number of hydrogen-bond donors (Lipinski definition) is 0. The molecule has 0 aromatic heterocycles. The van der Waals surface area contributed by atoms with Gasteiger partial charge in [0, 0.05) is 24.6 Å². The van der Waals surface area contributed by atoms with E-state index in [1.807, 2.05) is 14.0 Å². The van der Waals surface area contributed by atoms with Crippen molar-refractivity contribution in [2.75, 3.05) is 45.3 Å². The van der Waals surface area contributed by atoms with Crippen molar-refractivity contribution in [3.63, 3.8) is 0 Å². The zero-order chi connectivity index (χ0) is 20.9. The minimum absolute atomic E-state index is 0.100. The van der Waals surface area contributed by atoms with Gasteiger partial charge < -0.3 is 19.1 Å². The van der Waals surface area contributed by atoms with Crippen LogP contribution in [-0.4, -0.2) is 68.1 Å². The fourth-order valence-electron chi connectivity index (χ4n) is 2.01. The molecule has 0 heterocycles. The molecular formula is C19H36BrNO6. The van der Waals surface area contributed by atoms with Crippen molar-refractivity contribution in [1.82, 2.24) is 4.90 Å². The largest absolute Gasteiger partial charge is 0.466 e. The summed E-state index contributed by atoms with van der Waals surface area (Å²) in [6.45, 7) is 8.46. The third-order valence-corrected chi connectivity index (χ3v) is 3.83. The molecule has 0 radical (unpaired) electrons. The first kappa shape index (κ1) is 28.1. The van der Waals surface area contributed by atoms with Crippen molar-refractivity contribution < 1.29 is 28.6 Å². The lowest BCUT2D eigenvalue weighted by atomic mass is 10.2. The average molecular weight is 454 g/mol. The summed E-state index contributed by atoms with van der Waals surface area (Å²) >= 11 is 3.22. The first-order chi connectivity index (χ1) is 12.9. The van der Waals surface area contributed by atoms with E-state index in [1.54, 1.807) is 13.8 Å². The summed E-state index contributed by atoms with van der Waals surface area (Å²) in [6.07, 6.45) is 3.87. The van der Waals surface area contributed by atoms with Gasteiger partial charge in [0.2, 0.25) is 0 Å². The number of carbonyl (C=O) groups excluding carboxylic acids is 3. The highest BCUT2D eigenvalue weighted by Gasteiger charge is 2.05. The van der Waals surface area contributed by atoms with Crippen LogP contribution in [0.2, 0.25) is 0 Å². The second-order valence-electron chi connectivity index (χ2n) is 5.72. The standard InChI is InChI=1S/C13H25NO4.C6H11BrO2/c1-4-17-12(15)8-6-10-14(3)11-7-9-13(16)18-5-2;1-2-9-6(8)4-3-5-7/h4-11H2,1-3H3;2-5H2,1H3. The number of halogens is 1. The van der Waals surface area contributed by atoms with Gasteiger partial charge in [0.1, 0.15) is 0 Å². The van der Waals surface area contributed by atoms with E-state index in [0.717, 1.165) is 37.7 Å². The summed E-state index contributed by atoms with van der Waals surface area (Å²) in [7, 11) is 1.98. The van der Waals surface area contributed by atoms with Crippen LogP contribution in [0.3, 0.4) is 0 Å². The van der Waals surface area contributed by atoms with E-state index in [-0.39, 0.29) is 17.9 Å². The van der Waals surface area contributed by atoms with Gasteiger partial charge in [-0.1, -0.05) is 15.9 Å². The molecule has 27 heavy (non-hydrogen) atoms. The Bertz CT molecular complexity index is 368. The minimum atomic E-state index is -0.141. The first-order valence-electron chi connectivity index (χ1n) is 9.62. The zero-order valence-electron chi connectivity index (χ0n) is 17.3. The van der Waals surface area contributed by atoms with Gasteiger partial charge in [0.15, 0.2) is 0 Å². The minimum Gasteiger partial charge on any atom is -0.466 e. The number of alkyl halides is 1. The molecule has 0 amide bonds. The van der Waals surface area contributed by atoms with Gasteiger partial charge in [-0.15, -0.1) is 0 Å². The van der Waals surface area contributed by atoms with Crippen LogP contribution in [0.4, 0.5) is 0 Å². The maximum Gasteiger partial charge on any atom is 0.305 e. The second-order valence-corrected chi connectivity index (χ2v) is 6.51. The highest BCUT2D eigenvalue weighted by Crippen LogP contribution is 1.99. The van der Waals surface area contributed by atoms with Gasteiger partial charge in [-0.25, -0.2) is 0 Å². The Morgan fingerprint density at radius 1 is 0.704 bits per heavy atom. The summed E-state index contributed by atoms with van der Waals surface area (Å²) in [5, 5.41) is 0.867. The van der Waals surface area contributed by atoms with E-state index in [1.165, 1.54) is 0 Å². The lowest BCUT2D eigenvalue weighted by Gasteiger charge is -2.15. The van der Waals surface area contributed by atoms with Crippen LogP contribution in [0.1, 0.15) is 59.3 Å². The molecule has 0 aromatic carbocycles. The first-order valence-corrected chi connectivity index (χ1v) is 10.7. The normalized spacial score (nSPS) is 10.0. The van der Waals surface area contributed by atoms with Gasteiger partial charge in [-0.05, 0) is 60.2 Å². The van der Waals surface area contributed by atoms with Crippen LogP contribution in [0, 0.1) is 0 Å².